The first kappa shape index (κ1) is 22.7. The van der Waals surface area contributed by atoms with Crippen LogP contribution in [0.25, 0.3) is 0 Å². The molecule has 0 radical (unpaired) electrons. The largest absolute Gasteiger partial charge is 0.467 e. The fourth-order valence-electron chi connectivity index (χ4n) is 1.67. The maximum absolute atomic E-state index is 11.7. The summed E-state index contributed by atoms with van der Waals surface area (Å²) in [6.45, 7) is 3.07. The van der Waals surface area contributed by atoms with Crippen LogP contribution in [0.15, 0.2) is 27.8 Å². The van der Waals surface area contributed by atoms with Crippen LogP contribution in [-0.4, -0.2) is 58.9 Å². The summed E-state index contributed by atoms with van der Waals surface area (Å²) in [6, 6.07) is 3.59. The molecule has 0 saturated heterocycles. The molecule has 0 aromatic carbocycles. The average molecular weight is 454 g/mol. The molecule has 1 aromatic rings. The Hall–Kier alpha value is -1.33. The second-order valence-electron chi connectivity index (χ2n) is 4.67. The van der Waals surface area contributed by atoms with Gasteiger partial charge >= 0.3 is 0 Å². The third kappa shape index (κ3) is 11.2. The summed E-state index contributed by atoms with van der Waals surface area (Å²) >= 11 is 0. The van der Waals surface area contributed by atoms with E-state index in [-0.39, 0.29) is 36.4 Å². The summed E-state index contributed by atoms with van der Waals surface area (Å²) in [5.41, 5.74) is 0. The lowest BCUT2D eigenvalue weighted by Gasteiger charge is -2.11. The van der Waals surface area contributed by atoms with Gasteiger partial charge in [-0.05, 0) is 18.6 Å². The first-order valence-corrected chi connectivity index (χ1v) is 7.56. The lowest BCUT2D eigenvalue weighted by molar-refractivity contribution is -0.120. The van der Waals surface area contributed by atoms with Crippen LogP contribution in [0.3, 0.4) is 0 Å². The molecule has 1 amide bonds. The van der Waals surface area contributed by atoms with Crippen molar-refractivity contribution in [3.05, 3.63) is 24.2 Å². The van der Waals surface area contributed by atoms with Crippen LogP contribution in [0.1, 0.15) is 12.2 Å². The molecular weight excluding hydrogens is 427 g/mol. The van der Waals surface area contributed by atoms with Gasteiger partial charge in [-0.15, -0.1) is 24.0 Å². The number of ether oxygens (including phenoxy) is 2. The van der Waals surface area contributed by atoms with Crippen molar-refractivity contribution in [1.82, 2.24) is 16.0 Å². The predicted octanol–water partition coefficient (Wildman–Crippen LogP) is 0.732. The summed E-state index contributed by atoms with van der Waals surface area (Å²) in [7, 11) is 3.30. The molecule has 0 aliphatic carbocycles. The molecule has 0 saturated carbocycles. The minimum Gasteiger partial charge on any atom is -0.467 e. The maximum atomic E-state index is 11.7. The lowest BCUT2D eigenvalue weighted by atomic mass is 10.4. The topological polar surface area (TPSA) is 97.1 Å². The van der Waals surface area contributed by atoms with E-state index in [1.807, 2.05) is 6.07 Å². The molecule has 3 N–H and O–H groups in total. The molecule has 24 heavy (non-hydrogen) atoms. The van der Waals surface area contributed by atoms with Crippen molar-refractivity contribution in [2.45, 2.75) is 13.0 Å². The number of guanidine groups is 1. The molecule has 8 nitrogen and oxygen atoms in total. The Morgan fingerprint density at radius 3 is 2.75 bits per heavy atom. The van der Waals surface area contributed by atoms with E-state index < -0.39 is 0 Å². The smallest absolute Gasteiger partial charge is 0.239 e. The number of nitrogens with zero attached hydrogens (tertiary/aromatic N) is 1. The minimum absolute atomic E-state index is 0. The fraction of sp³-hybridized carbons (Fsp3) is 0.600. The highest BCUT2D eigenvalue weighted by Crippen LogP contribution is 1.97. The molecule has 0 aliphatic heterocycles. The summed E-state index contributed by atoms with van der Waals surface area (Å²) in [6.07, 6.45) is 2.42. The Balaban J connectivity index is 0.00000529. The van der Waals surface area contributed by atoms with Crippen molar-refractivity contribution in [3.63, 3.8) is 0 Å². The molecule has 0 atom stereocenters. The third-order valence-corrected chi connectivity index (χ3v) is 2.87. The lowest BCUT2D eigenvalue weighted by Crippen LogP contribution is -2.43. The molecule has 0 bridgehead atoms. The van der Waals surface area contributed by atoms with Gasteiger partial charge in [-0.3, -0.25) is 9.79 Å². The summed E-state index contributed by atoms with van der Waals surface area (Å²) in [5, 5.41) is 8.81. The van der Waals surface area contributed by atoms with Gasteiger partial charge in [-0.25, -0.2) is 0 Å². The molecule has 0 fully saturated rings. The number of carbonyl (C=O) groups is 1. The predicted molar refractivity (Wildman–Crippen MR) is 103 cm³/mol. The highest BCUT2D eigenvalue weighted by Gasteiger charge is 2.04. The van der Waals surface area contributed by atoms with Crippen molar-refractivity contribution in [2.24, 2.45) is 4.99 Å². The molecule has 0 aliphatic rings. The van der Waals surface area contributed by atoms with Crippen LogP contribution in [0.2, 0.25) is 0 Å². The number of methoxy groups -OCH3 is 1. The van der Waals surface area contributed by atoms with Crippen molar-refractivity contribution in [1.29, 1.82) is 0 Å². The summed E-state index contributed by atoms with van der Waals surface area (Å²) in [4.78, 5) is 15.8. The van der Waals surface area contributed by atoms with Gasteiger partial charge in [0.2, 0.25) is 5.91 Å². The number of hydrogen-bond acceptors (Lipinski definition) is 5. The van der Waals surface area contributed by atoms with Crippen LogP contribution >= 0.6 is 24.0 Å². The third-order valence-electron chi connectivity index (χ3n) is 2.87. The van der Waals surface area contributed by atoms with Crippen LogP contribution in [-0.2, 0) is 20.8 Å². The second-order valence-corrected chi connectivity index (χ2v) is 4.67. The van der Waals surface area contributed by atoms with E-state index in [9.17, 15) is 4.79 Å². The summed E-state index contributed by atoms with van der Waals surface area (Å²) < 4.78 is 15.4. The van der Waals surface area contributed by atoms with Gasteiger partial charge in [0, 0.05) is 27.3 Å². The Labute approximate surface area is 159 Å². The standard InChI is InChI=1S/C15H26N4O4.HI/c1-16-15(17-6-4-7-22-10-9-21-2)19-12-14(20)18-11-13-5-3-8-23-13;/h3,5,8H,4,6-7,9-12H2,1-2H3,(H,18,20)(H2,16,17,19);1H. The van der Waals surface area contributed by atoms with E-state index in [4.69, 9.17) is 13.9 Å². The monoisotopic (exact) mass is 454 g/mol. The quantitative estimate of drug-likeness (QED) is 0.198. The first-order valence-electron chi connectivity index (χ1n) is 7.56. The number of hydrogen-bond donors (Lipinski definition) is 3. The second kappa shape index (κ2) is 15.2. The van der Waals surface area contributed by atoms with E-state index in [0.717, 1.165) is 6.42 Å². The number of aliphatic imine (C=N–C) groups is 1. The Morgan fingerprint density at radius 1 is 1.25 bits per heavy atom. The molecule has 1 heterocycles. The van der Waals surface area contributed by atoms with Crippen molar-refractivity contribution in [2.75, 3.05) is 47.1 Å². The number of halogens is 1. The molecule has 0 spiro atoms. The van der Waals surface area contributed by atoms with Gasteiger partial charge in [-0.1, -0.05) is 0 Å². The van der Waals surface area contributed by atoms with Gasteiger partial charge < -0.3 is 29.8 Å². The van der Waals surface area contributed by atoms with Gasteiger partial charge in [0.05, 0.1) is 32.6 Å². The molecule has 138 valence electrons. The van der Waals surface area contributed by atoms with E-state index in [0.29, 0.717) is 44.6 Å². The number of rotatable bonds is 11. The molecule has 9 heteroatoms. The first-order chi connectivity index (χ1) is 11.3. The zero-order chi connectivity index (χ0) is 16.8. The van der Waals surface area contributed by atoms with Crippen molar-refractivity contribution >= 4 is 35.8 Å². The molecule has 1 rings (SSSR count). The van der Waals surface area contributed by atoms with E-state index >= 15 is 0 Å². The van der Waals surface area contributed by atoms with Crippen LogP contribution in [0.4, 0.5) is 0 Å². The number of furan rings is 1. The SMILES string of the molecule is CN=C(NCCCOCCOC)NCC(=O)NCc1ccco1.I. The van der Waals surface area contributed by atoms with Crippen LogP contribution in [0, 0.1) is 0 Å². The zero-order valence-electron chi connectivity index (χ0n) is 14.2. The normalized spacial score (nSPS) is 10.8. The molecular formula is C15H27IN4O4. The molecule has 1 aromatic heterocycles. The fourth-order valence-corrected chi connectivity index (χ4v) is 1.67. The van der Waals surface area contributed by atoms with Crippen LogP contribution < -0.4 is 16.0 Å². The van der Waals surface area contributed by atoms with Gasteiger partial charge in [0.15, 0.2) is 5.96 Å². The van der Waals surface area contributed by atoms with E-state index in [2.05, 4.69) is 20.9 Å². The number of carbonyl (C=O) groups excluding carboxylic acids is 1. The van der Waals surface area contributed by atoms with Crippen LogP contribution in [0.5, 0.6) is 0 Å². The zero-order valence-corrected chi connectivity index (χ0v) is 16.5. The van der Waals surface area contributed by atoms with Gasteiger partial charge in [-0.2, -0.15) is 0 Å². The minimum atomic E-state index is -0.132. The van der Waals surface area contributed by atoms with E-state index in [1.165, 1.54) is 0 Å². The van der Waals surface area contributed by atoms with Gasteiger partial charge in [0.25, 0.3) is 0 Å². The highest BCUT2D eigenvalue weighted by atomic mass is 127. The van der Waals surface area contributed by atoms with Crippen molar-refractivity contribution in [3.8, 4) is 0 Å². The molecule has 0 unspecified atom stereocenters. The Bertz CT molecular complexity index is 454. The average Bonchev–Trinajstić information content (AvgIpc) is 3.08. The summed E-state index contributed by atoms with van der Waals surface area (Å²) in [5.74, 6) is 1.16. The van der Waals surface area contributed by atoms with Gasteiger partial charge in [0.1, 0.15) is 5.76 Å². The number of amides is 1. The number of nitrogens with one attached hydrogen (secondary N) is 3. The maximum Gasteiger partial charge on any atom is 0.239 e. The Morgan fingerprint density at radius 2 is 2.08 bits per heavy atom. The highest BCUT2D eigenvalue weighted by molar-refractivity contribution is 14.0. The Kier molecular flexibility index (Phi) is 14.4. The van der Waals surface area contributed by atoms with Crippen molar-refractivity contribution < 1.29 is 18.7 Å². The van der Waals surface area contributed by atoms with E-state index in [1.54, 1.807) is 26.5 Å².